The van der Waals surface area contributed by atoms with Crippen molar-refractivity contribution < 1.29 is 24.0 Å². The molecule has 0 aromatic carbocycles. The molecule has 1 spiro atoms. The Kier molecular flexibility index (Phi) is 2.03. The molecule has 2 saturated heterocycles. The lowest BCUT2D eigenvalue weighted by Crippen LogP contribution is -2.45. The molecule has 0 N–H and O–H groups in total. The quantitative estimate of drug-likeness (QED) is 0.644. The molecule has 4 heterocycles. The van der Waals surface area contributed by atoms with E-state index in [1.54, 1.807) is 25.1 Å². The number of aliphatic carboxylic acids is 1. The van der Waals surface area contributed by atoms with Crippen LogP contribution in [0.1, 0.15) is 5.76 Å². The number of carboxylic acid groups (broad SMARTS) is 1. The number of aryl methyl sites for hydroxylation is 1. The van der Waals surface area contributed by atoms with Gasteiger partial charge in [-0.1, -0.05) is 17.3 Å². The second kappa shape index (κ2) is 3.49. The second-order valence-corrected chi connectivity index (χ2v) is 5.44. The van der Waals surface area contributed by atoms with Crippen LogP contribution < -0.4 is 10.0 Å². The lowest BCUT2D eigenvalue weighted by atomic mass is 9.77. The Morgan fingerprint density at radius 3 is 3.05 bits per heavy atom. The van der Waals surface area contributed by atoms with Crippen LogP contribution in [0.2, 0.25) is 0 Å². The molecule has 2 fully saturated rings. The Morgan fingerprint density at radius 2 is 2.40 bits per heavy atom. The molecule has 0 aliphatic carbocycles. The molecule has 1 aromatic heterocycles. The fourth-order valence-electron chi connectivity index (χ4n) is 3.44. The van der Waals surface area contributed by atoms with E-state index in [9.17, 15) is 14.7 Å². The number of hydrogen-bond donors (Lipinski definition) is 0. The first kappa shape index (κ1) is 11.7. The van der Waals surface area contributed by atoms with Gasteiger partial charge in [0.05, 0.1) is 18.6 Å². The Hall–Kier alpha value is -2.15. The monoisotopic (exact) mass is 275 g/mol. The number of hydrogen-bond acceptors (Lipinski definition) is 6. The van der Waals surface area contributed by atoms with E-state index in [0.29, 0.717) is 11.6 Å². The van der Waals surface area contributed by atoms with Crippen LogP contribution in [0.15, 0.2) is 22.7 Å². The predicted octanol–water partition coefficient (Wildman–Crippen LogP) is -0.981. The first-order chi connectivity index (χ1) is 9.52. The smallest absolute Gasteiger partial charge is 0.235 e. The van der Waals surface area contributed by atoms with Crippen molar-refractivity contribution in [3.8, 4) is 0 Å². The summed E-state index contributed by atoms with van der Waals surface area (Å²) >= 11 is 0. The van der Waals surface area contributed by atoms with E-state index in [1.807, 2.05) is 0 Å². The molecule has 7 nitrogen and oxygen atoms in total. The molecule has 0 radical (unpaired) electrons. The Labute approximate surface area is 113 Å². The maximum absolute atomic E-state index is 12.5. The van der Waals surface area contributed by atoms with Gasteiger partial charge in [0, 0.05) is 18.0 Å². The van der Waals surface area contributed by atoms with Crippen molar-refractivity contribution in [1.82, 2.24) is 5.16 Å². The summed E-state index contributed by atoms with van der Waals surface area (Å²) in [6.45, 7) is 1.97. The van der Waals surface area contributed by atoms with Crippen molar-refractivity contribution in [3.05, 3.63) is 24.0 Å². The van der Waals surface area contributed by atoms with E-state index in [-0.39, 0.29) is 12.5 Å². The van der Waals surface area contributed by atoms with E-state index in [4.69, 9.17) is 9.26 Å². The molecule has 0 unspecified atom stereocenters. The number of amides is 1. The summed E-state index contributed by atoms with van der Waals surface area (Å²) in [7, 11) is 0. The number of ether oxygens (including phenoxy) is 1. The summed E-state index contributed by atoms with van der Waals surface area (Å²) < 4.78 is 10.7. The molecule has 1 amide bonds. The highest BCUT2D eigenvalue weighted by molar-refractivity contribution is 6.01. The van der Waals surface area contributed by atoms with E-state index >= 15 is 0 Å². The molecule has 20 heavy (non-hydrogen) atoms. The molecule has 1 aromatic rings. The largest absolute Gasteiger partial charge is 0.550 e. The topological polar surface area (TPSA) is 95.7 Å². The zero-order valence-electron chi connectivity index (χ0n) is 10.6. The molecule has 3 aliphatic heterocycles. The lowest BCUT2D eigenvalue weighted by molar-refractivity contribution is -0.313. The highest BCUT2D eigenvalue weighted by Crippen LogP contribution is 2.52. The van der Waals surface area contributed by atoms with E-state index in [2.05, 4.69) is 5.16 Å². The van der Waals surface area contributed by atoms with Gasteiger partial charge in [-0.2, -0.15) is 0 Å². The molecule has 0 saturated carbocycles. The van der Waals surface area contributed by atoms with Gasteiger partial charge in [-0.05, 0) is 6.92 Å². The number of carboxylic acids is 1. The number of nitrogens with zero attached hydrogens (tertiary/aromatic N) is 2. The first-order valence-electron chi connectivity index (χ1n) is 6.34. The van der Waals surface area contributed by atoms with Gasteiger partial charge < -0.3 is 19.2 Å². The van der Waals surface area contributed by atoms with Crippen molar-refractivity contribution in [2.24, 2.45) is 11.8 Å². The average molecular weight is 275 g/mol. The van der Waals surface area contributed by atoms with E-state index < -0.39 is 29.5 Å². The molecule has 4 atom stereocenters. The van der Waals surface area contributed by atoms with Gasteiger partial charge in [0.25, 0.3) is 0 Å². The van der Waals surface area contributed by atoms with Crippen LogP contribution in [0.4, 0.5) is 5.82 Å². The fraction of sp³-hybridized carbons (Fsp3) is 0.462. The van der Waals surface area contributed by atoms with Crippen LogP contribution in [0, 0.1) is 18.8 Å². The average Bonchev–Trinajstić information content (AvgIpc) is 3.10. The summed E-state index contributed by atoms with van der Waals surface area (Å²) in [6, 6.07) is 1.64. The minimum atomic E-state index is -1.25. The number of rotatable bonds is 2. The van der Waals surface area contributed by atoms with Crippen molar-refractivity contribution in [2.45, 2.75) is 18.6 Å². The Morgan fingerprint density at radius 1 is 1.60 bits per heavy atom. The minimum absolute atomic E-state index is 0.249. The summed E-state index contributed by atoms with van der Waals surface area (Å²) in [5.74, 6) is -2.28. The minimum Gasteiger partial charge on any atom is -0.550 e. The molecular weight excluding hydrogens is 264 g/mol. The van der Waals surface area contributed by atoms with Gasteiger partial charge in [-0.15, -0.1) is 0 Å². The molecule has 2 bridgehead atoms. The zero-order chi connectivity index (χ0) is 14.1. The molecule has 7 heteroatoms. The van der Waals surface area contributed by atoms with Gasteiger partial charge >= 0.3 is 0 Å². The molecule has 3 aliphatic rings. The van der Waals surface area contributed by atoms with Gasteiger partial charge in [0.1, 0.15) is 11.4 Å². The van der Waals surface area contributed by atoms with Gasteiger partial charge in [0.2, 0.25) is 5.91 Å². The SMILES string of the molecule is Cc1cc(N2C[C@@]34C=C[C@@H](O3)[C@@H](C(=O)[O-])[C@H]4C2=O)no1. The van der Waals surface area contributed by atoms with Crippen LogP contribution in [0.3, 0.4) is 0 Å². The number of fused-ring (bicyclic) bond motifs is 1. The van der Waals surface area contributed by atoms with Crippen molar-refractivity contribution in [2.75, 3.05) is 11.4 Å². The first-order valence-corrected chi connectivity index (χ1v) is 6.34. The van der Waals surface area contributed by atoms with Crippen molar-refractivity contribution in [1.29, 1.82) is 0 Å². The molecular formula is C13H11N2O5-. The summed E-state index contributed by atoms with van der Waals surface area (Å²) in [6.07, 6.45) is 2.91. The summed E-state index contributed by atoms with van der Waals surface area (Å²) in [5.41, 5.74) is -0.876. The van der Waals surface area contributed by atoms with Crippen molar-refractivity contribution in [3.63, 3.8) is 0 Å². The van der Waals surface area contributed by atoms with Gasteiger partial charge in [-0.3, -0.25) is 9.69 Å². The number of carbonyl (C=O) groups excluding carboxylic acids is 2. The normalized spacial score (nSPS) is 37.8. The Balaban J connectivity index is 1.75. The highest BCUT2D eigenvalue weighted by atomic mass is 16.5. The zero-order valence-corrected chi connectivity index (χ0v) is 10.6. The highest BCUT2D eigenvalue weighted by Gasteiger charge is 2.65. The van der Waals surface area contributed by atoms with Crippen LogP contribution in [0.5, 0.6) is 0 Å². The maximum Gasteiger partial charge on any atom is 0.235 e. The van der Waals surface area contributed by atoms with Crippen LogP contribution in [0.25, 0.3) is 0 Å². The third kappa shape index (κ3) is 1.25. The summed E-state index contributed by atoms with van der Waals surface area (Å²) in [5, 5.41) is 15.1. The van der Waals surface area contributed by atoms with Crippen LogP contribution in [-0.2, 0) is 14.3 Å². The number of anilines is 1. The van der Waals surface area contributed by atoms with Gasteiger partial charge in [0.15, 0.2) is 5.82 Å². The third-order valence-corrected chi connectivity index (χ3v) is 4.26. The molecule has 104 valence electrons. The Bertz CT molecular complexity index is 651. The standard InChI is InChI=1S/C13H12N2O5/c1-6-4-8(14-20-6)15-5-13-3-2-7(19-13)9(12(17)18)10(13)11(15)16/h2-4,7,9-10H,5H2,1H3,(H,17,18)/p-1/t7-,9-,10+,13-/m1/s1. The van der Waals surface area contributed by atoms with E-state index in [0.717, 1.165) is 0 Å². The van der Waals surface area contributed by atoms with Gasteiger partial charge in [-0.25, -0.2) is 0 Å². The van der Waals surface area contributed by atoms with E-state index in [1.165, 1.54) is 4.90 Å². The summed E-state index contributed by atoms with van der Waals surface area (Å²) in [4.78, 5) is 25.2. The second-order valence-electron chi connectivity index (χ2n) is 5.44. The number of aromatic nitrogens is 1. The fourth-order valence-corrected chi connectivity index (χ4v) is 3.44. The predicted molar refractivity (Wildman–Crippen MR) is 62.3 cm³/mol. The lowest BCUT2D eigenvalue weighted by Gasteiger charge is -2.24. The van der Waals surface area contributed by atoms with Crippen molar-refractivity contribution >= 4 is 17.7 Å². The maximum atomic E-state index is 12.5. The number of carbonyl (C=O) groups is 2. The third-order valence-electron chi connectivity index (χ3n) is 4.26. The van der Waals surface area contributed by atoms with Crippen LogP contribution >= 0.6 is 0 Å². The molecule has 4 rings (SSSR count). The van der Waals surface area contributed by atoms with Crippen LogP contribution in [-0.4, -0.2) is 35.3 Å².